The van der Waals surface area contributed by atoms with Gasteiger partial charge in [-0.2, -0.15) is 0 Å². The zero-order valence-electron chi connectivity index (χ0n) is 19.7. The Balaban J connectivity index is 1.45. The lowest BCUT2D eigenvalue weighted by atomic mass is 10.00. The number of benzene rings is 2. The van der Waals surface area contributed by atoms with Gasteiger partial charge >= 0.3 is 0 Å². The van der Waals surface area contributed by atoms with E-state index in [-0.39, 0.29) is 0 Å². The topological polar surface area (TPSA) is 67.1 Å². The first-order chi connectivity index (χ1) is 16.7. The molecule has 0 amide bonds. The van der Waals surface area contributed by atoms with Crippen LogP contribution in [-0.2, 0) is 12.8 Å². The molecule has 4 aromatic rings. The Morgan fingerprint density at radius 2 is 1.91 bits per heavy atom. The molecule has 0 radical (unpaired) electrons. The van der Waals surface area contributed by atoms with Gasteiger partial charge in [0.25, 0.3) is 0 Å². The molecule has 6 rings (SSSR count). The Morgan fingerprint density at radius 3 is 2.65 bits per heavy atom. The van der Waals surface area contributed by atoms with Gasteiger partial charge in [0.15, 0.2) is 0 Å². The Kier molecular flexibility index (Phi) is 5.52. The molecule has 5 nitrogen and oxygen atoms in total. The van der Waals surface area contributed by atoms with Crippen molar-refractivity contribution in [1.82, 2.24) is 15.3 Å². The highest BCUT2D eigenvalue weighted by Crippen LogP contribution is 2.38. The minimum Gasteiger partial charge on any atom is -0.365 e. The van der Waals surface area contributed by atoms with Gasteiger partial charge in [-0.15, -0.1) is 0 Å². The summed E-state index contributed by atoms with van der Waals surface area (Å²) in [6, 6.07) is 22.8. The molecular formula is C29H31N5. The van der Waals surface area contributed by atoms with Crippen LogP contribution in [0.25, 0.3) is 33.4 Å². The van der Waals surface area contributed by atoms with E-state index in [0.29, 0.717) is 18.6 Å². The molecule has 2 aliphatic heterocycles. The molecule has 4 heterocycles. The van der Waals surface area contributed by atoms with Crippen molar-refractivity contribution < 1.29 is 0 Å². The lowest BCUT2D eigenvalue weighted by Gasteiger charge is -2.31. The van der Waals surface area contributed by atoms with Crippen molar-refractivity contribution in [3.05, 3.63) is 78.0 Å². The first-order valence-corrected chi connectivity index (χ1v) is 12.4. The minimum absolute atomic E-state index is 0.563. The number of rotatable bonds is 6. The molecule has 34 heavy (non-hydrogen) atoms. The van der Waals surface area contributed by atoms with Crippen molar-refractivity contribution in [3.63, 3.8) is 0 Å². The van der Waals surface area contributed by atoms with Crippen molar-refractivity contribution in [2.75, 3.05) is 24.5 Å². The highest BCUT2D eigenvalue weighted by molar-refractivity contribution is 5.97. The molecule has 5 heteroatoms. The molecule has 2 atom stereocenters. The molecule has 172 valence electrons. The molecule has 3 N–H and O–H groups in total. The third-order valence-electron chi connectivity index (χ3n) is 7.38. The van der Waals surface area contributed by atoms with Gasteiger partial charge in [-0.3, -0.25) is 4.98 Å². The molecule has 0 aliphatic carbocycles. The number of fused-ring (bicyclic) bond motifs is 3. The standard InChI is InChI=1S/C29H31N5/c1-2-20-4-3-5-25-29(20)28(34-18-23-15-24(34)17-32-23)16-27(33-25)22-11-13-31-26(14-22)21-8-6-19(7-9-21)10-12-30/h3-9,11,13-14,16,23-24,32H,2,10,12,15,17-18,30H2,1H3/t23-,24-/m0/s1. The predicted octanol–water partition coefficient (Wildman–Crippen LogP) is 4.58. The molecule has 0 saturated carbocycles. The van der Waals surface area contributed by atoms with E-state index in [2.05, 4.69) is 82.8 Å². The van der Waals surface area contributed by atoms with Crippen molar-refractivity contribution in [2.45, 2.75) is 38.3 Å². The summed E-state index contributed by atoms with van der Waals surface area (Å²) in [6.45, 7) is 5.03. The van der Waals surface area contributed by atoms with Crippen molar-refractivity contribution in [2.24, 2.45) is 5.73 Å². The molecule has 2 fully saturated rings. The van der Waals surface area contributed by atoms with E-state index in [1.165, 1.54) is 28.6 Å². The van der Waals surface area contributed by atoms with Gasteiger partial charge in [0.05, 0.1) is 16.9 Å². The smallest absolute Gasteiger partial charge is 0.0733 e. The average molecular weight is 450 g/mol. The molecular weight excluding hydrogens is 418 g/mol. The van der Waals surface area contributed by atoms with Gasteiger partial charge in [-0.05, 0) is 61.2 Å². The number of hydrogen-bond acceptors (Lipinski definition) is 5. The molecule has 0 unspecified atom stereocenters. The monoisotopic (exact) mass is 449 g/mol. The number of nitrogens with two attached hydrogens (primary N) is 1. The maximum Gasteiger partial charge on any atom is 0.0733 e. The summed E-state index contributed by atoms with van der Waals surface area (Å²) in [5.74, 6) is 0. The fourth-order valence-electron chi connectivity index (χ4n) is 5.62. The lowest BCUT2D eigenvalue weighted by molar-refractivity contribution is 0.581. The van der Waals surface area contributed by atoms with Crippen LogP contribution in [0.15, 0.2) is 66.9 Å². The predicted molar refractivity (Wildman–Crippen MR) is 140 cm³/mol. The van der Waals surface area contributed by atoms with Crippen LogP contribution < -0.4 is 16.0 Å². The van der Waals surface area contributed by atoms with Crippen molar-refractivity contribution in [1.29, 1.82) is 0 Å². The fraction of sp³-hybridized carbons (Fsp3) is 0.310. The number of nitrogens with zero attached hydrogens (tertiary/aromatic N) is 3. The summed E-state index contributed by atoms with van der Waals surface area (Å²) >= 11 is 0. The van der Waals surface area contributed by atoms with E-state index in [4.69, 9.17) is 10.7 Å². The number of nitrogens with one attached hydrogen (secondary N) is 1. The van der Waals surface area contributed by atoms with Gasteiger partial charge in [-0.1, -0.05) is 43.3 Å². The van der Waals surface area contributed by atoms with E-state index in [9.17, 15) is 0 Å². The zero-order chi connectivity index (χ0) is 23.1. The van der Waals surface area contributed by atoms with Gasteiger partial charge in [0, 0.05) is 53.6 Å². The summed E-state index contributed by atoms with van der Waals surface area (Å²) in [4.78, 5) is 12.4. The first-order valence-electron chi connectivity index (χ1n) is 12.4. The van der Waals surface area contributed by atoms with Gasteiger partial charge in [0.1, 0.15) is 0 Å². The van der Waals surface area contributed by atoms with E-state index in [1.807, 2.05) is 6.20 Å². The van der Waals surface area contributed by atoms with Crippen molar-refractivity contribution >= 4 is 16.6 Å². The maximum absolute atomic E-state index is 5.70. The highest BCUT2D eigenvalue weighted by Gasteiger charge is 2.38. The number of anilines is 1. The number of pyridine rings is 2. The molecule has 2 saturated heterocycles. The van der Waals surface area contributed by atoms with Crippen LogP contribution in [0.2, 0.25) is 0 Å². The molecule has 0 spiro atoms. The Labute approximate surface area is 201 Å². The quantitative estimate of drug-likeness (QED) is 0.451. The second kappa shape index (κ2) is 8.82. The number of piperazine rings is 1. The SMILES string of the molecule is CCc1cccc2nc(-c3ccnc(-c4ccc(CCN)cc4)c3)cc(N3C[C@@H]4C[C@H]3CN4)c12. The average Bonchev–Trinajstić information content (AvgIpc) is 3.52. The van der Waals surface area contributed by atoms with Crippen LogP contribution in [-0.4, -0.2) is 41.7 Å². The second-order valence-corrected chi connectivity index (χ2v) is 9.50. The third kappa shape index (κ3) is 3.75. The highest BCUT2D eigenvalue weighted by atomic mass is 15.3. The molecule has 2 bridgehead atoms. The van der Waals surface area contributed by atoms with Crippen LogP contribution in [0.3, 0.4) is 0 Å². The van der Waals surface area contributed by atoms with E-state index >= 15 is 0 Å². The fourth-order valence-corrected chi connectivity index (χ4v) is 5.62. The summed E-state index contributed by atoms with van der Waals surface area (Å²) in [5, 5.41) is 4.95. The maximum atomic E-state index is 5.70. The Morgan fingerprint density at radius 1 is 1.03 bits per heavy atom. The van der Waals surface area contributed by atoms with E-state index < -0.39 is 0 Å². The van der Waals surface area contributed by atoms with Crippen LogP contribution in [0.4, 0.5) is 5.69 Å². The molecule has 2 aromatic carbocycles. The number of hydrogen-bond donors (Lipinski definition) is 2. The second-order valence-electron chi connectivity index (χ2n) is 9.50. The number of aromatic nitrogens is 2. The number of aryl methyl sites for hydroxylation is 1. The normalized spacial score (nSPS) is 19.3. The molecule has 2 aliphatic rings. The first kappa shape index (κ1) is 21.3. The summed E-state index contributed by atoms with van der Waals surface area (Å²) < 4.78 is 0. The largest absolute Gasteiger partial charge is 0.365 e. The van der Waals surface area contributed by atoms with Gasteiger partial charge in [0.2, 0.25) is 0 Å². The summed E-state index contributed by atoms with van der Waals surface area (Å²) in [5.41, 5.74) is 14.9. The van der Waals surface area contributed by atoms with Crippen LogP contribution in [0.1, 0.15) is 24.5 Å². The minimum atomic E-state index is 0.563. The summed E-state index contributed by atoms with van der Waals surface area (Å²) in [6.07, 6.45) is 5.03. The van der Waals surface area contributed by atoms with Crippen molar-refractivity contribution in [3.8, 4) is 22.5 Å². The third-order valence-corrected chi connectivity index (χ3v) is 7.38. The van der Waals surface area contributed by atoms with E-state index in [0.717, 1.165) is 54.0 Å². The zero-order valence-corrected chi connectivity index (χ0v) is 19.7. The van der Waals surface area contributed by atoms with Crippen LogP contribution >= 0.6 is 0 Å². The van der Waals surface area contributed by atoms with Crippen LogP contribution in [0, 0.1) is 0 Å². The van der Waals surface area contributed by atoms with E-state index in [1.54, 1.807) is 0 Å². The van der Waals surface area contributed by atoms with Gasteiger partial charge < -0.3 is 16.0 Å². The Hall–Kier alpha value is -3.28. The van der Waals surface area contributed by atoms with Gasteiger partial charge in [-0.25, -0.2) is 4.98 Å². The lowest BCUT2D eigenvalue weighted by Crippen LogP contribution is -2.43. The molecule has 2 aromatic heterocycles. The summed E-state index contributed by atoms with van der Waals surface area (Å²) in [7, 11) is 0. The Bertz CT molecular complexity index is 1330. The van der Waals surface area contributed by atoms with Crippen LogP contribution in [0.5, 0.6) is 0 Å².